The third-order valence-electron chi connectivity index (χ3n) is 1.41. The molecule has 0 aliphatic heterocycles. The second-order valence-corrected chi connectivity index (χ2v) is 6.29. The summed E-state index contributed by atoms with van der Waals surface area (Å²) in [6.45, 7) is 3.92. The summed E-state index contributed by atoms with van der Waals surface area (Å²) < 4.78 is 2.03. The van der Waals surface area contributed by atoms with E-state index in [2.05, 4.69) is 13.8 Å². The lowest BCUT2D eigenvalue weighted by Gasteiger charge is -2.27. The molecule has 0 aromatic heterocycles. The van der Waals surface area contributed by atoms with E-state index in [1.807, 2.05) is 4.67 Å². The van der Waals surface area contributed by atoms with E-state index in [9.17, 15) is 0 Å². The highest BCUT2D eigenvalue weighted by molar-refractivity contribution is 8.11. The summed E-state index contributed by atoms with van der Waals surface area (Å²) in [4.78, 5) is 0. The van der Waals surface area contributed by atoms with Gasteiger partial charge in [-0.2, -0.15) is 0 Å². The van der Waals surface area contributed by atoms with Crippen molar-refractivity contribution in [2.75, 3.05) is 13.1 Å². The lowest BCUT2D eigenvalue weighted by Crippen LogP contribution is -2.30. The highest BCUT2D eigenvalue weighted by Crippen LogP contribution is 2.31. The Labute approximate surface area is 74.3 Å². The monoisotopic (exact) mass is 195 g/mol. The molecule has 0 heterocycles. The van der Waals surface area contributed by atoms with E-state index in [4.69, 9.17) is 22.8 Å². The zero-order valence-corrected chi connectivity index (χ0v) is 9.00. The van der Waals surface area contributed by atoms with Gasteiger partial charge in [0.1, 0.15) is 6.49 Å². The Balaban J connectivity index is 3.99. The van der Waals surface area contributed by atoms with Gasteiger partial charge in [-0.05, 0) is 24.6 Å². The predicted octanol–water partition coefficient (Wildman–Crippen LogP) is 1.25. The molecular formula is C6H18N3PS. The van der Waals surface area contributed by atoms with Gasteiger partial charge < -0.3 is 0 Å². The molecule has 0 aliphatic rings. The summed E-state index contributed by atoms with van der Waals surface area (Å²) >= 11 is 5.03. The van der Waals surface area contributed by atoms with Crippen LogP contribution >= 0.6 is 6.49 Å². The minimum absolute atomic E-state index is 0.929. The maximum Gasteiger partial charge on any atom is 0.135 e. The first-order valence-electron chi connectivity index (χ1n) is 3.95. The second-order valence-electron chi connectivity index (χ2n) is 2.63. The van der Waals surface area contributed by atoms with Gasteiger partial charge in [-0.15, -0.1) is 0 Å². The molecule has 0 atom stereocenters. The molecule has 0 saturated carbocycles. The molecular weight excluding hydrogens is 177 g/mol. The minimum Gasteiger partial charge on any atom is -0.279 e. The fourth-order valence-electron chi connectivity index (χ4n) is 0.941. The van der Waals surface area contributed by atoms with Gasteiger partial charge in [0.15, 0.2) is 0 Å². The van der Waals surface area contributed by atoms with Gasteiger partial charge in [0.25, 0.3) is 0 Å². The molecule has 4 N–H and O–H groups in total. The van der Waals surface area contributed by atoms with Crippen LogP contribution in [0.2, 0.25) is 0 Å². The van der Waals surface area contributed by atoms with Crippen molar-refractivity contribution in [2.24, 2.45) is 11.0 Å². The van der Waals surface area contributed by atoms with Crippen LogP contribution in [0.15, 0.2) is 0 Å². The minimum atomic E-state index is -2.14. The summed E-state index contributed by atoms with van der Waals surface area (Å²) in [5.41, 5.74) is 11.4. The molecule has 0 fully saturated rings. The van der Waals surface area contributed by atoms with Crippen molar-refractivity contribution >= 4 is 18.3 Å². The lowest BCUT2D eigenvalue weighted by atomic mass is 10.4. The highest BCUT2D eigenvalue weighted by atomic mass is 32.4. The molecule has 11 heavy (non-hydrogen) atoms. The molecule has 3 nitrogen and oxygen atoms in total. The molecule has 0 aromatic carbocycles. The maximum atomic E-state index is 5.68. The van der Waals surface area contributed by atoms with Gasteiger partial charge in [0.05, 0.1) is 0 Å². The number of nitrogens with zero attached hydrogens (tertiary/aromatic N) is 1. The van der Waals surface area contributed by atoms with Crippen LogP contribution in [-0.2, 0) is 11.8 Å². The average Bonchev–Trinajstić information content (AvgIpc) is 1.85. The maximum absolute atomic E-state index is 5.68. The second kappa shape index (κ2) is 5.22. The Kier molecular flexibility index (Phi) is 5.48. The summed E-state index contributed by atoms with van der Waals surface area (Å²) in [5.74, 6) is 0. The number of nitrogens with two attached hydrogens (primary N) is 2. The van der Waals surface area contributed by atoms with Gasteiger partial charge in [0, 0.05) is 13.1 Å². The Hall–Kier alpha value is 0.530. The van der Waals surface area contributed by atoms with Crippen molar-refractivity contribution in [2.45, 2.75) is 26.7 Å². The van der Waals surface area contributed by atoms with E-state index in [1.54, 1.807) is 0 Å². The van der Waals surface area contributed by atoms with Crippen molar-refractivity contribution in [3.05, 3.63) is 0 Å². The Bertz CT molecular complexity index is 139. The predicted molar refractivity (Wildman–Crippen MR) is 54.8 cm³/mol. The van der Waals surface area contributed by atoms with E-state index in [0.29, 0.717) is 0 Å². The largest absolute Gasteiger partial charge is 0.279 e. The van der Waals surface area contributed by atoms with Gasteiger partial charge in [-0.3, -0.25) is 15.7 Å². The van der Waals surface area contributed by atoms with E-state index < -0.39 is 6.49 Å². The fraction of sp³-hybridized carbons (Fsp3) is 1.00. The van der Waals surface area contributed by atoms with E-state index >= 15 is 0 Å². The summed E-state index contributed by atoms with van der Waals surface area (Å²) in [7, 11) is 0. The molecule has 0 aromatic rings. The van der Waals surface area contributed by atoms with Crippen LogP contribution in [0.4, 0.5) is 0 Å². The molecule has 0 unspecified atom stereocenters. The van der Waals surface area contributed by atoms with Crippen molar-refractivity contribution in [3.8, 4) is 0 Å². The van der Waals surface area contributed by atoms with Crippen molar-refractivity contribution in [3.63, 3.8) is 0 Å². The van der Waals surface area contributed by atoms with Crippen molar-refractivity contribution in [1.82, 2.24) is 4.67 Å². The lowest BCUT2D eigenvalue weighted by molar-refractivity contribution is 0.450. The SMILES string of the molecule is CCCN(CCC)P(N)(N)=S. The first kappa shape index (κ1) is 11.5. The Morgan fingerprint density at radius 3 is 1.73 bits per heavy atom. The Morgan fingerprint density at radius 1 is 1.18 bits per heavy atom. The third kappa shape index (κ3) is 4.88. The number of hydrogen-bond donors (Lipinski definition) is 2. The third-order valence-corrected chi connectivity index (χ3v) is 3.38. The van der Waals surface area contributed by atoms with Gasteiger partial charge in [-0.1, -0.05) is 13.8 Å². The van der Waals surface area contributed by atoms with Crippen LogP contribution in [0.25, 0.3) is 0 Å². The van der Waals surface area contributed by atoms with Crippen LogP contribution in [0.5, 0.6) is 0 Å². The number of rotatable bonds is 5. The van der Waals surface area contributed by atoms with Gasteiger partial charge in [-0.25, -0.2) is 0 Å². The van der Waals surface area contributed by atoms with Crippen LogP contribution in [0.3, 0.4) is 0 Å². The Morgan fingerprint density at radius 2 is 1.55 bits per heavy atom. The van der Waals surface area contributed by atoms with Crippen LogP contribution in [0.1, 0.15) is 26.7 Å². The molecule has 5 heteroatoms. The molecule has 0 bridgehead atoms. The molecule has 0 spiro atoms. The van der Waals surface area contributed by atoms with E-state index in [0.717, 1.165) is 25.9 Å². The summed E-state index contributed by atoms with van der Waals surface area (Å²) in [5, 5.41) is 0. The zero-order valence-electron chi connectivity index (χ0n) is 7.29. The fourth-order valence-corrected chi connectivity index (χ4v) is 2.46. The molecule has 68 valence electrons. The standard InChI is InChI=1S/C6H18N3PS/c1-3-5-9(6-4-2)10(7,8)11/h3-6H2,1-2H3,(H4,7,8,11). The average molecular weight is 195 g/mol. The van der Waals surface area contributed by atoms with Crippen LogP contribution < -0.4 is 11.0 Å². The first-order valence-corrected chi connectivity index (χ1v) is 6.84. The number of hydrogen-bond acceptors (Lipinski definition) is 1. The smallest absolute Gasteiger partial charge is 0.135 e. The van der Waals surface area contributed by atoms with Crippen LogP contribution in [-0.4, -0.2) is 17.8 Å². The molecule has 0 rings (SSSR count). The van der Waals surface area contributed by atoms with E-state index in [1.165, 1.54) is 0 Å². The molecule has 0 aliphatic carbocycles. The first-order chi connectivity index (χ1) is 5.02. The quantitative estimate of drug-likeness (QED) is 0.648. The van der Waals surface area contributed by atoms with Crippen molar-refractivity contribution in [1.29, 1.82) is 0 Å². The summed E-state index contributed by atoms with van der Waals surface area (Å²) in [6, 6.07) is 0. The normalized spacial score (nSPS) is 12.5. The topological polar surface area (TPSA) is 55.3 Å². The molecule has 0 saturated heterocycles. The van der Waals surface area contributed by atoms with Gasteiger partial charge in [0.2, 0.25) is 0 Å². The van der Waals surface area contributed by atoms with Gasteiger partial charge >= 0.3 is 0 Å². The van der Waals surface area contributed by atoms with Crippen LogP contribution in [0, 0.1) is 0 Å². The molecule has 0 amide bonds. The van der Waals surface area contributed by atoms with Crippen molar-refractivity contribution < 1.29 is 0 Å². The highest BCUT2D eigenvalue weighted by Gasteiger charge is 2.13. The summed E-state index contributed by atoms with van der Waals surface area (Å²) in [6.07, 6.45) is 2.12. The molecule has 0 radical (unpaired) electrons. The van der Waals surface area contributed by atoms with E-state index in [-0.39, 0.29) is 0 Å². The zero-order chi connectivity index (χ0) is 8.91.